The molecule has 9 heteroatoms. The number of esters is 1. The molecule has 0 saturated carbocycles. The SMILES string of the molecule is COc1ccc(NC(=O)C(=O)N/N=C/c2ccccc2OC(=O)c2ccc(Cl)cc2)cc1. The minimum absolute atomic E-state index is 0.230. The molecular formula is C23H18ClN3O5. The molecule has 0 heterocycles. The molecule has 3 aromatic carbocycles. The first kappa shape index (κ1) is 22.5. The Labute approximate surface area is 188 Å². The van der Waals surface area contributed by atoms with Crippen LogP contribution in [0, 0.1) is 0 Å². The lowest BCUT2D eigenvalue weighted by Crippen LogP contribution is -2.32. The molecule has 32 heavy (non-hydrogen) atoms. The molecule has 162 valence electrons. The van der Waals surface area contributed by atoms with E-state index in [9.17, 15) is 14.4 Å². The zero-order chi connectivity index (χ0) is 22.9. The number of carbonyl (C=O) groups excluding carboxylic acids is 3. The van der Waals surface area contributed by atoms with Gasteiger partial charge in [-0.3, -0.25) is 9.59 Å². The Balaban J connectivity index is 1.60. The number of amides is 2. The molecule has 0 aliphatic carbocycles. The van der Waals surface area contributed by atoms with Crippen molar-refractivity contribution >= 4 is 41.3 Å². The van der Waals surface area contributed by atoms with Crippen LogP contribution in [0.4, 0.5) is 5.69 Å². The van der Waals surface area contributed by atoms with Crippen molar-refractivity contribution in [3.8, 4) is 11.5 Å². The van der Waals surface area contributed by atoms with E-state index < -0.39 is 17.8 Å². The van der Waals surface area contributed by atoms with E-state index in [0.29, 0.717) is 27.6 Å². The van der Waals surface area contributed by atoms with Crippen molar-refractivity contribution in [2.24, 2.45) is 5.10 Å². The minimum atomic E-state index is -0.965. The van der Waals surface area contributed by atoms with Gasteiger partial charge in [-0.2, -0.15) is 5.10 Å². The first-order chi connectivity index (χ1) is 15.5. The summed E-state index contributed by atoms with van der Waals surface area (Å²) >= 11 is 5.83. The summed E-state index contributed by atoms with van der Waals surface area (Å²) in [5, 5.41) is 6.71. The summed E-state index contributed by atoms with van der Waals surface area (Å²) in [5.74, 6) is -1.59. The summed E-state index contributed by atoms with van der Waals surface area (Å²) in [5.41, 5.74) is 3.30. The number of nitrogens with zero attached hydrogens (tertiary/aromatic N) is 1. The quantitative estimate of drug-likeness (QED) is 0.195. The lowest BCUT2D eigenvalue weighted by molar-refractivity contribution is -0.136. The minimum Gasteiger partial charge on any atom is -0.497 e. The number of hydrogen-bond donors (Lipinski definition) is 2. The van der Waals surface area contributed by atoms with Gasteiger partial charge in [0.2, 0.25) is 0 Å². The Morgan fingerprint density at radius 3 is 2.28 bits per heavy atom. The van der Waals surface area contributed by atoms with E-state index in [1.54, 1.807) is 72.8 Å². The van der Waals surface area contributed by atoms with Crippen molar-refractivity contribution in [3.05, 3.63) is 88.9 Å². The highest BCUT2D eigenvalue weighted by atomic mass is 35.5. The molecule has 0 aliphatic heterocycles. The number of hydrogen-bond acceptors (Lipinski definition) is 6. The largest absolute Gasteiger partial charge is 0.497 e. The van der Waals surface area contributed by atoms with E-state index >= 15 is 0 Å². The van der Waals surface area contributed by atoms with Crippen molar-refractivity contribution in [3.63, 3.8) is 0 Å². The zero-order valence-corrected chi connectivity index (χ0v) is 17.6. The maximum absolute atomic E-state index is 12.3. The fourth-order valence-electron chi connectivity index (χ4n) is 2.50. The van der Waals surface area contributed by atoms with Crippen LogP contribution in [-0.2, 0) is 9.59 Å². The van der Waals surface area contributed by atoms with Gasteiger partial charge in [-0.15, -0.1) is 0 Å². The Morgan fingerprint density at radius 2 is 1.59 bits per heavy atom. The number of nitrogens with one attached hydrogen (secondary N) is 2. The number of hydrazone groups is 1. The number of carbonyl (C=O) groups is 3. The molecule has 2 amide bonds. The number of para-hydroxylation sites is 1. The van der Waals surface area contributed by atoms with E-state index in [-0.39, 0.29) is 5.75 Å². The second kappa shape index (κ2) is 10.7. The fourth-order valence-corrected chi connectivity index (χ4v) is 2.62. The van der Waals surface area contributed by atoms with Crippen molar-refractivity contribution in [2.75, 3.05) is 12.4 Å². The van der Waals surface area contributed by atoms with E-state index in [0.717, 1.165) is 0 Å². The van der Waals surface area contributed by atoms with Crippen LogP contribution >= 0.6 is 11.6 Å². The number of benzene rings is 3. The van der Waals surface area contributed by atoms with Gasteiger partial charge in [0.25, 0.3) is 0 Å². The zero-order valence-electron chi connectivity index (χ0n) is 16.9. The van der Waals surface area contributed by atoms with Gasteiger partial charge in [-0.1, -0.05) is 23.7 Å². The first-order valence-electron chi connectivity index (χ1n) is 9.31. The van der Waals surface area contributed by atoms with Gasteiger partial charge < -0.3 is 14.8 Å². The van der Waals surface area contributed by atoms with Crippen LogP contribution in [0.15, 0.2) is 77.9 Å². The summed E-state index contributed by atoms with van der Waals surface area (Å²) in [6.07, 6.45) is 1.27. The highest BCUT2D eigenvalue weighted by molar-refractivity contribution is 6.39. The third kappa shape index (κ3) is 6.16. The van der Waals surface area contributed by atoms with Gasteiger partial charge in [0.15, 0.2) is 0 Å². The van der Waals surface area contributed by atoms with E-state index in [1.807, 2.05) is 0 Å². The van der Waals surface area contributed by atoms with Gasteiger partial charge in [0.05, 0.1) is 18.9 Å². The normalized spacial score (nSPS) is 10.4. The molecule has 0 aliphatic rings. The van der Waals surface area contributed by atoms with Gasteiger partial charge in [0, 0.05) is 16.3 Å². The standard InChI is InChI=1S/C23H18ClN3O5/c1-31-19-12-10-18(11-13-19)26-21(28)22(29)27-25-14-16-4-2-3-5-20(16)32-23(30)15-6-8-17(24)9-7-15/h2-14H,1H3,(H,26,28)(H,27,29)/b25-14+. The maximum atomic E-state index is 12.3. The van der Waals surface area contributed by atoms with E-state index in [2.05, 4.69) is 15.8 Å². The average Bonchev–Trinajstić information content (AvgIpc) is 2.81. The summed E-state index contributed by atoms with van der Waals surface area (Å²) in [6, 6.07) is 19.3. The van der Waals surface area contributed by atoms with Crippen LogP contribution in [-0.4, -0.2) is 31.1 Å². The summed E-state index contributed by atoms with van der Waals surface area (Å²) in [6.45, 7) is 0. The molecule has 0 atom stereocenters. The van der Waals surface area contributed by atoms with E-state index in [4.69, 9.17) is 21.1 Å². The fraction of sp³-hybridized carbons (Fsp3) is 0.0435. The van der Waals surface area contributed by atoms with Crippen molar-refractivity contribution in [2.45, 2.75) is 0 Å². The molecule has 3 aromatic rings. The van der Waals surface area contributed by atoms with Crippen LogP contribution in [0.1, 0.15) is 15.9 Å². The molecule has 0 fully saturated rings. The molecule has 0 radical (unpaired) electrons. The second-order valence-electron chi connectivity index (χ2n) is 6.32. The van der Waals surface area contributed by atoms with Gasteiger partial charge in [0.1, 0.15) is 11.5 Å². The summed E-state index contributed by atoms with van der Waals surface area (Å²) in [4.78, 5) is 36.3. The Kier molecular flexibility index (Phi) is 7.55. The third-order valence-electron chi connectivity index (χ3n) is 4.13. The molecule has 0 saturated heterocycles. The lowest BCUT2D eigenvalue weighted by atomic mass is 10.2. The molecule has 0 aromatic heterocycles. The number of rotatable bonds is 6. The van der Waals surface area contributed by atoms with Crippen molar-refractivity contribution < 1.29 is 23.9 Å². The van der Waals surface area contributed by atoms with Crippen LogP contribution in [0.5, 0.6) is 11.5 Å². The summed E-state index contributed by atoms with van der Waals surface area (Å²) < 4.78 is 10.4. The highest BCUT2D eigenvalue weighted by Gasteiger charge is 2.14. The van der Waals surface area contributed by atoms with Crippen LogP contribution < -0.4 is 20.2 Å². The first-order valence-corrected chi connectivity index (χ1v) is 9.69. The van der Waals surface area contributed by atoms with E-state index in [1.165, 1.54) is 13.3 Å². The highest BCUT2D eigenvalue weighted by Crippen LogP contribution is 2.19. The number of anilines is 1. The van der Waals surface area contributed by atoms with Crippen LogP contribution in [0.2, 0.25) is 5.02 Å². The molecular weight excluding hydrogens is 434 g/mol. The smallest absolute Gasteiger partial charge is 0.343 e. The Morgan fingerprint density at radius 1 is 0.906 bits per heavy atom. The lowest BCUT2D eigenvalue weighted by Gasteiger charge is -2.07. The maximum Gasteiger partial charge on any atom is 0.343 e. The second-order valence-corrected chi connectivity index (χ2v) is 6.75. The van der Waals surface area contributed by atoms with Crippen molar-refractivity contribution in [1.82, 2.24) is 5.43 Å². The number of methoxy groups -OCH3 is 1. The molecule has 0 spiro atoms. The predicted octanol–water partition coefficient (Wildman–Crippen LogP) is 3.66. The Bertz CT molecular complexity index is 1150. The summed E-state index contributed by atoms with van der Waals surface area (Å²) in [7, 11) is 1.52. The third-order valence-corrected chi connectivity index (χ3v) is 4.38. The monoisotopic (exact) mass is 451 g/mol. The van der Waals surface area contributed by atoms with Gasteiger partial charge in [-0.25, -0.2) is 10.2 Å². The predicted molar refractivity (Wildman–Crippen MR) is 120 cm³/mol. The number of ether oxygens (including phenoxy) is 2. The van der Waals surface area contributed by atoms with Crippen LogP contribution in [0.25, 0.3) is 0 Å². The number of halogens is 1. The molecule has 0 bridgehead atoms. The molecule has 0 unspecified atom stereocenters. The topological polar surface area (TPSA) is 106 Å². The van der Waals surface area contributed by atoms with Crippen LogP contribution in [0.3, 0.4) is 0 Å². The molecule has 2 N–H and O–H groups in total. The van der Waals surface area contributed by atoms with Crippen molar-refractivity contribution in [1.29, 1.82) is 0 Å². The average molecular weight is 452 g/mol. The molecule has 8 nitrogen and oxygen atoms in total. The van der Waals surface area contributed by atoms with Gasteiger partial charge >= 0.3 is 17.8 Å². The Hall–Kier alpha value is -4.17. The molecule has 3 rings (SSSR count). The van der Waals surface area contributed by atoms with Gasteiger partial charge in [-0.05, 0) is 60.7 Å².